The van der Waals surface area contributed by atoms with Crippen molar-refractivity contribution in [3.8, 4) is 0 Å². The third kappa shape index (κ3) is 6.10. The van der Waals surface area contributed by atoms with E-state index in [1.165, 1.54) is 6.92 Å². The molecule has 34 heavy (non-hydrogen) atoms. The smallest absolute Gasteiger partial charge is 0.302 e. The zero-order valence-corrected chi connectivity index (χ0v) is 19.9. The number of nitro groups is 1. The second-order valence-electron chi connectivity index (χ2n) is 8.80. The molecule has 1 amide bonds. The van der Waals surface area contributed by atoms with E-state index in [9.17, 15) is 19.7 Å². The zero-order chi connectivity index (χ0) is 24.7. The SMILES string of the molecule is C/C=C1/C[C@H]([N+](=O)[O-])CC[C@H]1[C@@H](C[C@@H](C)OC(C)=O)C(=O)N(c1ccccc1)c1ccccc1. The van der Waals surface area contributed by atoms with Crippen LogP contribution in [-0.2, 0) is 14.3 Å². The Balaban J connectivity index is 2.02. The summed E-state index contributed by atoms with van der Waals surface area (Å²) in [6.45, 7) is 5.01. The lowest BCUT2D eigenvalue weighted by Gasteiger charge is -2.37. The van der Waals surface area contributed by atoms with Crippen LogP contribution in [0.3, 0.4) is 0 Å². The van der Waals surface area contributed by atoms with Crippen LogP contribution in [0.25, 0.3) is 0 Å². The number of hydrogen-bond acceptors (Lipinski definition) is 5. The van der Waals surface area contributed by atoms with Crippen LogP contribution in [0, 0.1) is 22.0 Å². The molecule has 2 aromatic rings. The van der Waals surface area contributed by atoms with E-state index in [-0.39, 0.29) is 16.7 Å². The van der Waals surface area contributed by atoms with Crippen molar-refractivity contribution >= 4 is 23.3 Å². The summed E-state index contributed by atoms with van der Waals surface area (Å²) in [6.07, 6.45) is 3.05. The molecule has 3 rings (SSSR count). The third-order valence-electron chi connectivity index (χ3n) is 6.43. The number of carbonyl (C=O) groups is 2. The third-order valence-corrected chi connectivity index (χ3v) is 6.43. The molecule has 2 aromatic carbocycles. The quantitative estimate of drug-likeness (QED) is 0.216. The lowest BCUT2D eigenvalue weighted by atomic mass is 9.72. The van der Waals surface area contributed by atoms with Gasteiger partial charge in [0.1, 0.15) is 0 Å². The van der Waals surface area contributed by atoms with Gasteiger partial charge in [0.2, 0.25) is 11.9 Å². The maximum absolute atomic E-state index is 14.3. The van der Waals surface area contributed by atoms with Crippen LogP contribution in [0.2, 0.25) is 0 Å². The van der Waals surface area contributed by atoms with Gasteiger partial charge in [0.25, 0.3) is 0 Å². The summed E-state index contributed by atoms with van der Waals surface area (Å²) in [4.78, 5) is 38.8. The Morgan fingerprint density at radius 2 is 1.65 bits per heavy atom. The van der Waals surface area contributed by atoms with Gasteiger partial charge in [0.15, 0.2) is 0 Å². The molecule has 0 radical (unpaired) electrons. The minimum atomic E-state index is -0.636. The van der Waals surface area contributed by atoms with Gasteiger partial charge in [0.05, 0.1) is 6.10 Å². The van der Waals surface area contributed by atoms with Crippen molar-refractivity contribution in [2.75, 3.05) is 4.90 Å². The molecule has 1 aliphatic rings. The lowest BCUT2D eigenvalue weighted by molar-refractivity contribution is -0.524. The topological polar surface area (TPSA) is 89.7 Å². The van der Waals surface area contributed by atoms with Crippen molar-refractivity contribution in [2.24, 2.45) is 11.8 Å². The standard InChI is InChI=1S/C27H32N2O5/c1-4-21-18-24(29(32)33)15-16-25(21)26(17-19(2)34-20(3)30)27(31)28(22-11-7-5-8-12-22)23-13-9-6-10-14-23/h4-14,19,24-26H,15-18H2,1-3H3/b21-4-/t19-,24-,25-,26-/m1/s1. The highest BCUT2D eigenvalue weighted by Crippen LogP contribution is 2.40. The van der Waals surface area contributed by atoms with Crippen molar-refractivity contribution in [3.63, 3.8) is 0 Å². The van der Waals surface area contributed by atoms with Gasteiger partial charge in [-0.05, 0) is 56.9 Å². The number of allylic oxidation sites excluding steroid dienone is 1. The van der Waals surface area contributed by atoms with E-state index < -0.39 is 24.0 Å². The van der Waals surface area contributed by atoms with Gasteiger partial charge in [0, 0.05) is 42.0 Å². The fourth-order valence-electron chi connectivity index (χ4n) is 4.90. The van der Waals surface area contributed by atoms with Gasteiger partial charge in [-0.1, -0.05) is 48.0 Å². The molecule has 1 aliphatic carbocycles. The summed E-state index contributed by atoms with van der Waals surface area (Å²) in [5.41, 5.74) is 2.40. The van der Waals surface area contributed by atoms with Crippen molar-refractivity contribution in [3.05, 3.63) is 82.4 Å². The zero-order valence-electron chi connectivity index (χ0n) is 19.9. The Bertz CT molecular complexity index is 982. The number of rotatable bonds is 8. The van der Waals surface area contributed by atoms with Crippen molar-refractivity contribution < 1.29 is 19.2 Å². The summed E-state index contributed by atoms with van der Waals surface area (Å²) < 4.78 is 5.40. The molecule has 0 N–H and O–H groups in total. The van der Waals surface area contributed by atoms with Gasteiger partial charge < -0.3 is 4.74 Å². The highest BCUT2D eigenvalue weighted by atomic mass is 16.6. The monoisotopic (exact) mass is 464 g/mol. The first-order valence-electron chi connectivity index (χ1n) is 11.7. The van der Waals surface area contributed by atoms with E-state index in [1.54, 1.807) is 11.8 Å². The van der Waals surface area contributed by atoms with Crippen LogP contribution < -0.4 is 4.90 Å². The number of carbonyl (C=O) groups excluding carboxylic acids is 2. The Morgan fingerprint density at radius 1 is 1.09 bits per heavy atom. The predicted molar refractivity (Wildman–Crippen MR) is 131 cm³/mol. The minimum absolute atomic E-state index is 0.111. The number of benzene rings is 2. The summed E-state index contributed by atoms with van der Waals surface area (Å²) in [5, 5.41) is 11.4. The largest absolute Gasteiger partial charge is 0.463 e. The molecule has 0 saturated heterocycles. The molecular weight excluding hydrogens is 432 g/mol. The molecular formula is C27H32N2O5. The van der Waals surface area contributed by atoms with Crippen molar-refractivity contribution in [1.82, 2.24) is 0 Å². The van der Waals surface area contributed by atoms with Gasteiger partial charge in [-0.25, -0.2) is 0 Å². The fraction of sp³-hybridized carbons (Fsp3) is 0.407. The number of para-hydroxylation sites is 2. The van der Waals surface area contributed by atoms with E-state index in [1.807, 2.05) is 73.7 Å². The van der Waals surface area contributed by atoms with Gasteiger partial charge in [-0.3, -0.25) is 24.6 Å². The first-order valence-corrected chi connectivity index (χ1v) is 11.7. The molecule has 7 nitrogen and oxygen atoms in total. The number of amides is 1. The second kappa shape index (κ2) is 11.6. The van der Waals surface area contributed by atoms with E-state index in [0.717, 1.165) is 16.9 Å². The first kappa shape index (κ1) is 25.1. The first-order chi connectivity index (χ1) is 16.3. The molecule has 180 valence electrons. The predicted octanol–water partition coefficient (Wildman–Crippen LogP) is 5.70. The normalized spacial score (nSPS) is 20.9. The van der Waals surface area contributed by atoms with Crippen LogP contribution >= 0.6 is 0 Å². The molecule has 0 aromatic heterocycles. The van der Waals surface area contributed by atoms with E-state index >= 15 is 0 Å². The molecule has 7 heteroatoms. The van der Waals surface area contributed by atoms with Crippen LogP contribution in [0.5, 0.6) is 0 Å². The summed E-state index contributed by atoms with van der Waals surface area (Å²) >= 11 is 0. The Morgan fingerprint density at radius 3 is 2.12 bits per heavy atom. The molecule has 1 saturated carbocycles. The average molecular weight is 465 g/mol. The summed E-state index contributed by atoms with van der Waals surface area (Å²) in [5.74, 6) is -1.18. The van der Waals surface area contributed by atoms with Crippen molar-refractivity contribution in [2.45, 2.75) is 58.6 Å². The molecule has 4 atom stereocenters. The molecule has 0 bridgehead atoms. The molecule has 0 aliphatic heterocycles. The summed E-state index contributed by atoms with van der Waals surface area (Å²) in [7, 11) is 0. The molecule has 0 heterocycles. The van der Waals surface area contributed by atoms with Crippen LogP contribution in [0.1, 0.15) is 46.5 Å². The lowest BCUT2D eigenvalue weighted by Crippen LogP contribution is -2.41. The van der Waals surface area contributed by atoms with Gasteiger partial charge >= 0.3 is 5.97 Å². The van der Waals surface area contributed by atoms with Crippen LogP contribution in [-0.4, -0.2) is 28.9 Å². The van der Waals surface area contributed by atoms with E-state index in [0.29, 0.717) is 25.7 Å². The highest BCUT2D eigenvalue weighted by molar-refractivity contribution is 6.02. The maximum Gasteiger partial charge on any atom is 0.302 e. The van der Waals surface area contributed by atoms with Gasteiger partial charge in [-0.2, -0.15) is 0 Å². The number of ether oxygens (including phenoxy) is 1. The van der Waals surface area contributed by atoms with E-state index in [4.69, 9.17) is 4.74 Å². The summed E-state index contributed by atoms with van der Waals surface area (Å²) in [6, 6.07) is 18.2. The second-order valence-corrected chi connectivity index (χ2v) is 8.80. The Labute approximate surface area is 200 Å². The van der Waals surface area contributed by atoms with E-state index in [2.05, 4.69) is 0 Å². The number of nitrogens with zero attached hydrogens (tertiary/aromatic N) is 2. The minimum Gasteiger partial charge on any atom is -0.463 e. The van der Waals surface area contributed by atoms with Crippen LogP contribution in [0.15, 0.2) is 72.3 Å². The number of esters is 1. The fourth-order valence-corrected chi connectivity index (χ4v) is 4.90. The molecule has 1 fully saturated rings. The number of hydrogen-bond donors (Lipinski definition) is 0. The van der Waals surface area contributed by atoms with Gasteiger partial charge in [-0.15, -0.1) is 0 Å². The highest BCUT2D eigenvalue weighted by Gasteiger charge is 2.41. The Kier molecular flexibility index (Phi) is 8.57. The average Bonchev–Trinajstić information content (AvgIpc) is 2.83. The molecule has 0 spiro atoms. The Hall–Kier alpha value is -3.48. The molecule has 0 unspecified atom stereocenters. The van der Waals surface area contributed by atoms with Crippen molar-refractivity contribution in [1.29, 1.82) is 0 Å². The number of anilines is 2. The van der Waals surface area contributed by atoms with Crippen LogP contribution in [0.4, 0.5) is 11.4 Å². The maximum atomic E-state index is 14.3.